The molecule has 0 aliphatic carbocycles. The summed E-state index contributed by atoms with van der Waals surface area (Å²) in [5, 5.41) is 20.9. The Bertz CT molecular complexity index is 534. The van der Waals surface area contributed by atoms with Gasteiger partial charge in [-0.15, -0.1) is 0 Å². The minimum atomic E-state index is -0.991. The third-order valence-corrected chi connectivity index (χ3v) is 4.86. The summed E-state index contributed by atoms with van der Waals surface area (Å²) < 4.78 is 23.2. The van der Waals surface area contributed by atoms with Crippen molar-refractivity contribution in [3.63, 3.8) is 0 Å². The van der Waals surface area contributed by atoms with E-state index >= 15 is 0 Å². The lowest BCUT2D eigenvalue weighted by Crippen LogP contribution is -2.61. The molecule has 6 nitrogen and oxygen atoms in total. The van der Waals surface area contributed by atoms with Gasteiger partial charge in [0, 0.05) is 13.0 Å². The number of hydrogen-bond acceptors (Lipinski definition) is 6. The molecule has 2 saturated heterocycles. The molecule has 0 bridgehead atoms. The van der Waals surface area contributed by atoms with Gasteiger partial charge in [-0.3, -0.25) is 0 Å². The maximum absolute atomic E-state index is 10.5. The molecule has 0 spiro atoms. The van der Waals surface area contributed by atoms with E-state index in [4.69, 9.17) is 18.9 Å². The van der Waals surface area contributed by atoms with Gasteiger partial charge in [0.05, 0.1) is 24.9 Å². The van der Waals surface area contributed by atoms with E-state index in [0.717, 1.165) is 18.4 Å². The van der Waals surface area contributed by atoms with E-state index in [9.17, 15) is 10.2 Å². The third-order valence-electron chi connectivity index (χ3n) is 4.86. The zero-order valence-corrected chi connectivity index (χ0v) is 15.5. The number of ether oxygens (including phenoxy) is 4. The summed E-state index contributed by atoms with van der Waals surface area (Å²) in [4.78, 5) is 0. The van der Waals surface area contributed by atoms with Gasteiger partial charge in [-0.2, -0.15) is 0 Å². The lowest BCUT2D eigenvalue weighted by atomic mass is 9.89. The van der Waals surface area contributed by atoms with Crippen LogP contribution in [0.4, 0.5) is 0 Å². The summed E-state index contributed by atoms with van der Waals surface area (Å²) in [6.45, 7) is 4.88. The van der Waals surface area contributed by atoms with Gasteiger partial charge in [0.2, 0.25) is 0 Å². The van der Waals surface area contributed by atoms with E-state index in [0.29, 0.717) is 19.6 Å². The Kier molecular flexibility index (Phi) is 7.03. The topological polar surface area (TPSA) is 77.4 Å². The van der Waals surface area contributed by atoms with Crippen LogP contribution in [0.3, 0.4) is 0 Å². The largest absolute Gasteiger partial charge is 0.388 e. The van der Waals surface area contributed by atoms with E-state index in [-0.39, 0.29) is 18.5 Å². The molecule has 1 aromatic rings. The lowest BCUT2D eigenvalue weighted by molar-refractivity contribution is -0.306. The molecule has 6 heteroatoms. The van der Waals surface area contributed by atoms with Gasteiger partial charge in [-0.1, -0.05) is 30.3 Å². The molecule has 26 heavy (non-hydrogen) atoms. The van der Waals surface area contributed by atoms with Crippen molar-refractivity contribution in [2.75, 3.05) is 6.61 Å². The van der Waals surface area contributed by atoms with Crippen LogP contribution in [0.2, 0.25) is 0 Å². The van der Waals surface area contributed by atoms with Crippen LogP contribution in [0.15, 0.2) is 30.3 Å². The maximum Gasteiger partial charge on any atom is 0.158 e. The van der Waals surface area contributed by atoms with Crippen LogP contribution in [0, 0.1) is 0 Å². The molecule has 2 aliphatic heterocycles. The van der Waals surface area contributed by atoms with Crippen LogP contribution in [-0.2, 0) is 25.6 Å². The number of aliphatic hydroxyl groups is 2. The number of aliphatic hydroxyl groups excluding tert-OH is 2. The van der Waals surface area contributed by atoms with Gasteiger partial charge < -0.3 is 29.2 Å². The highest BCUT2D eigenvalue weighted by Crippen LogP contribution is 2.33. The molecule has 0 saturated carbocycles. The van der Waals surface area contributed by atoms with Crippen molar-refractivity contribution in [3.05, 3.63) is 35.9 Å². The summed E-state index contributed by atoms with van der Waals surface area (Å²) in [6.07, 6.45) is -1.50. The molecule has 0 amide bonds. The van der Waals surface area contributed by atoms with Crippen molar-refractivity contribution < 1.29 is 29.2 Å². The summed E-state index contributed by atoms with van der Waals surface area (Å²) in [7, 11) is 0. The molecular weight excluding hydrogens is 336 g/mol. The average molecular weight is 366 g/mol. The van der Waals surface area contributed by atoms with E-state index < -0.39 is 24.4 Å². The lowest BCUT2D eigenvalue weighted by Gasteiger charge is -2.46. The quantitative estimate of drug-likeness (QED) is 0.719. The Hall–Kier alpha value is -1.02. The van der Waals surface area contributed by atoms with Crippen LogP contribution >= 0.6 is 0 Å². The van der Waals surface area contributed by atoms with Crippen LogP contribution < -0.4 is 0 Å². The summed E-state index contributed by atoms with van der Waals surface area (Å²) in [6, 6.07) is 9.94. The molecule has 3 rings (SSSR count). The Morgan fingerprint density at radius 3 is 2.58 bits per heavy atom. The Morgan fingerprint density at radius 1 is 1.08 bits per heavy atom. The smallest absolute Gasteiger partial charge is 0.158 e. The molecule has 1 aromatic carbocycles. The number of hydrogen-bond donors (Lipinski definition) is 2. The van der Waals surface area contributed by atoms with Crippen LogP contribution in [0.1, 0.15) is 38.7 Å². The monoisotopic (exact) mass is 366 g/mol. The molecule has 6 atom stereocenters. The zero-order chi connectivity index (χ0) is 18.5. The standard InChI is InChI=1S/C20H30O6/c1-13(2)24-17-9-8-16-20(26-17)19(22)18(21)15(25-16)10-11-23-12-14-6-4-3-5-7-14/h3-7,13,15-22H,8-12H2,1-2H3/t15?,16-,17-,18?,19?,20?/m0/s1. The second-order valence-electron chi connectivity index (χ2n) is 7.31. The number of rotatable bonds is 7. The summed E-state index contributed by atoms with van der Waals surface area (Å²) in [5.41, 5.74) is 1.11. The molecule has 2 heterocycles. The highest BCUT2D eigenvalue weighted by molar-refractivity contribution is 5.13. The maximum atomic E-state index is 10.5. The summed E-state index contributed by atoms with van der Waals surface area (Å²) >= 11 is 0. The van der Waals surface area contributed by atoms with Crippen LogP contribution in [0.5, 0.6) is 0 Å². The number of fused-ring (bicyclic) bond motifs is 1. The van der Waals surface area contributed by atoms with Crippen molar-refractivity contribution in [3.8, 4) is 0 Å². The predicted octanol–water partition coefficient (Wildman–Crippen LogP) is 2.01. The van der Waals surface area contributed by atoms with Crippen molar-refractivity contribution in [2.24, 2.45) is 0 Å². The SMILES string of the molecule is CC(C)O[C@@H]1CC[C@@H]2OC(CCOCc3ccccc3)C(O)C(O)C2O1. The minimum Gasteiger partial charge on any atom is -0.388 e. The highest BCUT2D eigenvalue weighted by atomic mass is 16.7. The van der Waals surface area contributed by atoms with Gasteiger partial charge in [-0.05, 0) is 32.3 Å². The molecule has 0 radical (unpaired) electrons. The average Bonchev–Trinajstić information content (AvgIpc) is 2.63. The fourth-order valence-electron chi connectivity index (χ4n) is 3.57. The van der Waals surface area contributed by atoms with E-state index in [1.807, 2.05) is 44.2 Å². The number of benzene rings is 1. The van der Waals surface area contributed by atoms with Gasteiger partial charge in [-0.25, -0.2) is 0 Å². The van der Waals surface area contributed by atoms with E-state index in [1.165, 1.54) is 0 Å². The predicted molar refractivity (Wildman–Crippen MR) is 95.5 cm³/mol. The fourth-order valence-corrected chi connectivity index (χ4v) is 3.57. The van der Waals surface area contributed by atoms with Crippen molar-refractivity contribution in [1.29, 1.82) is 0 Å². The zero-order valence-electron chi connectivity index (χ0n) is 15.5. The van der Waals surface area contributed by atoms with E-state index in [2.05, 4.69) is 0 Å². The van der Waals surface area contributed by atoms with Crippen molar-refractivity contribution >= 4 is 0 Å². The molecule has 4 unspecified atom stereocenters. The van der Waals surface area contributed by atoms with Gasteiger partial charge in [0.25, 0.3) is 0 Å². The Balaban J connectivity index is 1.46. The Morgan fingerprint density at radius 2 is 1.85 bits per heavy atom. The molecule has 2 N–H and O–H groups in total. The van der Waals surface area contributed by atoms with Gasteiger partial charge >= 0.3 is 0 Å². The third kappa shape index (κ3) is 5.03. The van der Waals surface area contributed by atoms with Gasteiger partial charge in [0.1, 0.15) is 18.3 Å². The van der Waals surface area contributed by atoms with Crippen molar-refractivity contribution in [1.82, 2.24) is 0 Å². The molecule has 2 fully saturated rings. The van der Waals surface area contributed by atoms with Crippen LogP contribution in [-0.4, -0.2) is 59.7 Å². The highest BCUT2D eigenvalue weighted by Gasteiger charge is 2.47. The summed E-state index contributed by atoms with van der Waals surface area (Å²) in [5.74, 6) is 0. The molecule has 146 valence electrons. The molecule has 0 aromatic heterocycles. The van der Waals surface area contributed by atoms with Crippen LogP contribution in [0.25, 0.3) is 0 Å². The Labute approximate surface area is 155 Å². The molecular formula is C20H30O6. The minimum absolute atomic E-state index is 0.0534. The first-order chi connectivity index (χ1) is 12.5. The first kappa shape index (κ1) is 19.7. The first-order valence-corrected chi connectivity index (χ1v) is 9.48. The fraction of sp³-hybridized carbons (Fsp3) is 0.700. The van der Waals surface area contributed by atoms with Gasteiger partial charge in [0.15, 0.2) is 6.29 Å². The second kappa shape index (κ2) is 9.26. The first-order valence-electron chi connectivity index (χ1n) is 9.48. The normalized spacial score (nSPS) is 34.7. The molecule has 2 aliphatic rings. The van der Waals surface area contributed by atoms with E-state index in [1.54, 1.807) is 0 Å². The second-order valence-corrected chi connectivity index (χ2v) is 7.31. The van der Waals surface area contributed by atoms with Crippen molar-refractivity contribution in [2.45, 2.75) is 82.6 Å².